The first-order valence-electron chi connectivity index (χ1n) is 7.15. The highest BCUT2D eigenvalue weighted by atomic mass is 79.9. The summed E-state index contributed by atoms with van der Waals surface area (Å²) in [6, 6.07) is 0.495. The van der Waals surface area contributed by atoms with E-state index in [2.05, 4.69) is 50.0 Å². The number of methoxy groups -OCH3 is 1. The number of aromatic nitrogens is 2. The van der Waals surface area contributed by atoms with Gasteiger partial charge in [0.25, 0.3) is 0 Å². The van der Waals surface area contributed by atoms with Gasteiger partial charge < -0.3 is 14.8 Å². The van der Waals surface area contributed by atoms with E-state index < -0.39 is 0 Å². The second-order valence-corrected chi connectivity index (χ2v) is 6.12. The van der Waals surface area contributed by atoms with Crippen LogP contribution in [-0.2, 0) is 16.1 Å². The molecule has 0 aliphatic carbocycles. The molecule has 1 aromatic heterocycles. The summed E-state index contributed by atoms with van der Waals surface area (Å²) < 4.78 is 11.9. The van der Waals surface area contributed by atoms with Gasteiger partial charge in [-0.15, -0.1) is 0 Å². The molecule has 0 spiro atoms. The van der Waals surface area contributed by atoms with Crippen LogP contribution >= 0.6 is 15.9 Å². The first-order valence-corrected chi connectivity index (χ1v) is 7.94. The lowest BCUT2D eigenvalue weighted by Gasteiger charge is -2.35. The van der Waals surface area contributed by atoms with Gasteiger partial charge in [-0.05, 0) is 29.8 Å². The molecule has 7 heteroatoms. The smallest absolute Gasteiger partial charge is 0.161 e. The molecule has 1 atom stereocenters. The molecule has 21 heavy (non-hydrogen) atoms. The van der Waals surface area contributed by atoms with Crippen molar-refractivity contribution in [3.63, 3.8) is 0 Å². The van der Waals surface area contributed by atoms with Crippen LogP contribution in [0.2, 0.25) is 0 Å². The average Bonchev–Trinajstić information content (AvgIpc) is 2.49. The van der Waals surface area contributed by atoms with Crippen molar-refractivity contribution in [3.8, 4) is 0 Å². The summed E-state index contributed by atoms with van der Waals surface area (Å²) in [7, 11) is 3.50. The Morgan fingerprint density at radius 1 is 1.48 bits per heavy atom. The molecule has 1 aliphatic rings. The lowest BCUT2D eigenvalue weighted by atomic mass is 10.2. The summed E-state index contributed by atoms with van der Waals surface area (Å²) in [4.78, 5) is 11.6. The molecule has 1 unspecified atom stereocenters. The van der Waals surface area contributed by atoms with Crippen LogP contribution in [0.5, 0.6) is 0 Å². The molecule has 6 nitrogen and oxygen atoms in total. The molecule has 0 aromatic carbocycles. The highest BCUT2D eigenvalue weighted by Crippen LogP contribution is 2.28. The molecular formula is C14H23BrN4O2. The lowest BCUT2D eigenvalue weighted by molar-refractivity contribution is -0.0444. The van der Waals surface area contributed by atoms with Crippen molar-refractivity contribution in [2.24, 2.45) is 0 Å². The Morgan fingerprint density at radius 3 is 2.86 bits per heavy atom. The second kappa shape index (κ2) is 7.49. The van der Waals surface area contributed by atoms with Gasteiger partial charge in [-0.2, -0.15) is 0 Å². The molecule has 118 valence electrons. The SMILES string of the molecule is CNc1nc(C2CN(C(C)C)CCO2)nc(COC)c1Br. The number of hydrogen-bond acceptors (Lipinski definition) is 6. The maximum atomic E-state index is 5.87. The number of nitrogens with zero attached hydrogens (tertiary/aromatic N) is 3. The van der Waals surface area contributed by atoms with Crippen LogP contribution in [-0.4, -0.2) is 54.8 Å². The van der Waals surface area contributed by atoms with Gasteiger partial charge in [0.2, 0.25) is 0 Å². The Labute approximate surface area is 134 Å². The highest BCUT2D eigenvalue weighted by molar-refractivity contribution is 9.10. The van der Waals surface area contributed by atoms with Crippen molar-refractivity contribution >= 4 is 21.7 Å². The minimum absolute atomic E-state index is 0.100. The number of rotatable bonds is 5. The predicted octanol–water partition coefficient (Wildman–Crippen LogP) is 2.21. The van der Waals surface area contributed by atoms with E-state index in [0.29, 0.717) is 25.1 Å². The fourth-order valence-corrected chi connectivity index (χ4v) is 2.84. The molecule has 1 fully saturated rings. The molecule has 0 saturated carbocycles. The summed E-state index contributed by atoms with van der Waals surface area (Å²) in [6.45, 7) is 7.30. The zero-order chi connectivity index (χ0) is 15.4. The van der Waals surface area contributed by atoms with Crippen molar-refractivity contribution < 1.29 is 9.47 Å². The Bertz CT molecular complexity index is 484. The Balaban J connectivity index is 2.27. The van der Waals surface area contributed by atoms with Gasteiger partial charge in [-0.25, -0.2) is 9.97 Å². The van der Waals surface area contributed by atoms with Crippen molar-refractivity contribution in [3.05, 3.63) is 16.0 Å². The number of anilines is 1. The predicted molar refractivity (Wildman–Crippen MR) is 85.4 cm³/mol. The maximum absolute atomic E-state index is 5.87. The minimum atomic E-state index is -0.100. The lowest BCUT2D eigenvalue weighted by Crippen LogP contribution is -2.42. The first-order chi connectivity index (χ1) is 10.1. The summed E-state index contributed by atoms with van der Waals surface area (Å²) in [6.07, 6.45) is -0.100. The Morgan fingerprint density at radius 2 is 2.24 bits per heavy atom. The number of ether oxygens (including phenoxy) is 2. The molecule has 1 aliphatic heterocycles. The minimum Gasteiger partial charge on any atom is -0.378 e. The molecule has 0 radical (unpaired) electrons. The third-order valence-electron chi connectivity index (χ3n) is 3.57. The second-order valence-electron chi connectivity index (χ2n) is 5.32. The van der Waals surface area contributed by atoms with E-state index in [1.54, 1.807) is 7.11 Å². The normalized spacial score (nSPS) is 20.0. The largest absolute Gasteiger partial charge is 0.378 e. The zero-order valence-corrected chi connectivity index (χ0v) is 14.6. The van der Waals surface area contributed by atoms with Gasteiger partial charge in [-0.1, -0.05) is 0 Å². The van der Waals surface area contributed by atoms with Gasteiger partial charge in [0.1, 0.15) is 11.9 Å². The highest BCUT2D eigenvalue weighted by Gasteiger charge is 2.27. The van der Waals surface area contributed by atoms with E-state index in [0.717, 1.165) is 29.1 Å². The molecule has 0 bridgehead atoms. The van der Waals surface area contributed by atoms with E-state index in [1.165, 1.54) is 0 Å². The standard InChI is InChI=1S/C14H23BrN4O2/c1-9(2)19-5-6-21-11(7-19)13-17-10(8-20-4)12(15)14(16-3)18-13/h9,11H,5-8H2,1-4H3,(H,16,17,18). The zero-order valence-electron chi connectivity index (χ0n) is 13.0. The quantitative estimate of drug-likeness (QED) is 0.870. The van der Waals surface area contributed by atoms with Gasteiger partial charge >= 0.3 is 0 Å². The van der Waals surface area contributed by atoms with Crippen LogP contribution in [0.15, 0.2) is 4.47 Å². The van der Waals surface area contributed by atoms with Crippen molar-refractivity contribution in [1.29, 1.82) is 0 Å². The fraction of sp³-hybridized carbons (Fsp3) is 0.714. The van der Waals surface area contributed by atoms with Crippen LogP contribution in [0.25, 0.3) is 0 Å². The third kappa shape index (κ3) is 3.91. The topological polar surface area (TPSA) is 59.5 Å². The van der Waals surface area contributed by atoms with Crippen LogP contribution in [0.4, 0.5) is 5.82 Å². The number of hydrogen-bond donors (Lipinski definition) is 1. The molecule has 1 saturated heterocycles. The van der Waals surface area contributed by atoms with Crippen LogP contribution in [0.1, 0.15) is 31.5 Å². The van der Waals surface area contributed by atoms with Gasteiger partial charge in [0.05, 0.1) is 23.4 Å². The molecular weight excluding hydrogens is 336 g/mol. The monoisotopic (exact) mass is 358 g/mol. The van der Waals surface area contributed by atoms with Crippen molar-refractivity contribution in [1.82, 2.24) is 14.9 Å². The van der Waals surface area contributed by atoms with Gasteiger partial charge in [0.15, 0.2) is 5.82 Å². The van der Waals surface area contributed by atoms with Crippen molar-refractivity contribution in [2.75, 3.05) is 39.2 Å². The number of nitrogens with one attached hydrogen (secondary N) is 1. The van der Waals surface area contributed by atoms with Gasteiger partial charge in [0, 0.05) is 33.3 Å². The average molecular weight is 359 g/mol. The van der Waals surface area contributed by atoms with Crippen LogP contribution < -0.4 is 5.32 Å². The Hall–Kier alpha value is -0.760. The van der Waals surface area contributed by atoms with Crippen LogP contribution in [0, 0.1) is 0 Å². The Kier molecular flexibility index (Phi) is 5.92. The third-order valence-corrected chi connectivity index (χ3v) is 4.40. The van der Waals surface area contributed by atoms with E-state index in [-0.39, 0.29) is 6.10 Å². The molecule has 1 N–H and O–H groups in total. The number of halogens is 1. The molecule has 1 aromatic rings. The first kappa shape index (κ1) is 16.6. The van der Waals surface area contributed by atoms with Gasteiger partial charge in [-0.3, -0.25) is 4.90 Å². The summed E-state index contributed by atoms with van der Waals surface area (Å²) >= 11 is 3.52. The van der Waals surface area contributed by atoms with E-state index in [4.69, 9.17) is 9.47 Å². The number of morpholine rings is 1. The summed E-state index contributed by atoms with van der Waals surface area (Å²) in [5.41, 5.74) is 0.831. The summed E-state index contributed by atoms with van der Waals surface area (Å²) in [5, 5.41) is 3.08. The van der Waals surface area contributed by atoms with Crippen molar-refractivity contribution in [2.45, 2.75) is 32.6 Å². The van der Waals surface area contributed by atoms with E-state index >= 15 is 0 Å². The van der Waals surface area contributed by atoms with Crippen LogP contribution in [0.3, 0.4) is 0 Å². The molecule has 2 heterocycles. The van der Waals surface area contributed by atoms with E-state index in [9.17, 15) is 0 Å². The fourth-order valence-electron chi connectivity index (χ4n) is 2.35. The maximum Gasteiger partial charge on any atom is 0.161 e. The van der Waals surface area contributed by atoms with E-state index in [1.807, 2.05) is 7.05 Å². The molecule has 2 rings (SSSR count). The summed E-state index contributed by atoms with van der Waals surface area (Å²) in [5.74, 6) is 1.47. The molecule has 0 amide bonds.